The Morgan fingerprint density at radius 3 is 1.57 bits per heavy atom. The van der Waals surface area contributed by atoms with E-state index in [1.54, 1.807) is 12.2 Å². The number of esters is 2. The number of unbranched alkanes of at least 4 members (excludes halogenated alkanes) is 16. The van der Waals surface area contributed by atoms with Crippen LogP contribution in [0.2, 0.25) is 0 Å². The molecule has 0 saturated heterocycles. The zero-order valence-corrected chi connectivity index (χ0v) is 40.1. The summed E-state index contributed by atoms with van der Waals surface area (Å²) < 4.78 is 33.7. The third-order valence-electron chi connectivity index (χ3n) is 9.86. The number of hydrogen-bond acceptors (Lipinski definition) is 9. The van der Waals surface area contributed by atoms with Crippen molar-refractivity contribution in [2.24, 2.45) is 0 Å². The lowest BCUT2D eigenvalue weighted by Crippen LogP contribution is -2.37. The molecule has 61 heavy (non-hydrogen) atoms. The maximum absolute atomic E-state index is 12.7. The smallest absolute Gasteiger partial charge is 0.306 e. The van der Waals surface area contributed by atoms with Gasteiger partial charge in [-0.3, -0.25) is 14.2 Å². The van der Waals surface area contributed by atoms with E-state index in [0.717, 1.165) is 51.4 Å². The molecule has 0 aromatic carbocycles. The first kappa shape index (κ1) is 58.4. The maximum Gasteiger partial charge on any atom is 0.306 e. The average molecular weight is 878 g/mol. The molecule has 2 unspecified atom stereocenters. The summed E-state index contributed by atoms with van der Waals surface area (Å²) in [7, 11) is 1.02. The molecule has 0 aliphatic rings. The Kier molecular flexibility index (Phi) is 39.7. The first-order valence-electron chi connectivity index (χ1n) is 23.8. The lowest BCUT2D eigenvalue weighted by molar-refractivity contribution is -0.870. The zero-order chi connectivity index (χ0) is 45.1. The van der Waals surface area contributed by atoms with Gasteiger partial charge in [0, 0.05) is 12.8 Å². The van der Waals surface area contributed by atoms with E-state index in [4.69, 9.17) is 18.5 Å². The zero-order valence-electron chi connectivity index (χ0n) is 39.2. The number of carbonyl (C=O) groups excluding carboxylic acids is 2. The number of aliphatic hydroxyl groups is 1. The summed E-state index contributed by atoms with van der Waals surface area (Å²) in [5.74, 6) is -1.12. The Morgan fingerprint density at radius 2 is 1.08 bits per heavy atom. The summed E-state index contributed by atoms with van der Waals surface area (Å²) >= 11 is 0. The van der Waals surface area contributed by atoms with Gasteiger partial charge in [0.1, 0.15) is 19.8 Å². The quantitative estimate of drug-likeness (QED) is 0.0159. The second-order valence-corrected chi connectivity index (χ2v) is 18.4. The highest BCUT2D eigenvalue weighted by Gasteiger charge is 2.22. The standard InChI is InChI=1S/C50H88NO9P/c1-6-8-10-12-14-16-18-20-22-24-26-28-30-32-34-36-38-40-49(53)57-45-48(46-59-61(55,56)58-44-43-51(3,4)5)60-50(54)42-41-47(52)39-37-35-33-31-29-27-25-23-21-19-17-15-13-11-9-7-2/h9,11,15,17,21,23,27,29,33,35,37,39,47-48,52H,6-8,10,12-14,16,18-20,22,24-26,28,30-32,34,36,38,40-46H2,1-5H3/b11-9-,17-15-,23-21-,29-27-,35-33-,39-37-/t47?,48-/m1/s1. The highest BCUT2D eigenvalue weighted by Crippen LogP contribution is 2.38. The van der Waals surface area contributed by atoms with Gasteiger partial charge in [-0.25, -0.2) is 0 Å². The van der Waals surface area contributed by atoms with E-state index in [0.29, 0.717) is 17.4 Å². The minimum atomic E-state index is -4.70. The molecule has 0 rings (SSSR count). The average Bonchev–Trinajstić information content (AvgIpc) is 3.21. The van der Waals surface area contributed by atoms with Gasteiger partial charge < -0.3 is 33.0 Å². The predicted octanol–water partition coefficient (Wildman–Crippen LogP) is 12.1. The van der Waals surface area contributed by atoms with Gasteiger partial charge in [-0.2, -0.15) is 0 Å². The molecule has 10 nitrogen and oxygen atoms in total. The van der Waals surface area contributed by atoms with Crippen molar-refractivity contribution in [1.29, 1.82) is 0 Å². The van der Waals surface area contributed by atoms with Crippen LogP contribution >= 0.6 is 7.82 Å². The number of carbonyl (C=O) groups is 2. The molecule has 0 fully saturated rings. The van der Waals surface area contributed by atoms with Crippen LogP contribution in [-0.4, -0.2) is 81.2 Å². The fourth-order valence-electron chi connectivity index (χ4n) is 6.12. The van der Waals surface area contributed by atoms with E-state index in [9.17, 15) is 24.2 Å². The number of nitrogens with zero attached hydrogens (tertiary/aromatic N) is 1. The first-order chi connectivity index (χ1) is 29.4. The molecule has 0 bridgehead atoms. The third kappa shape index (κ3) is 45.3. The van der Waals surface area contributed by atoms with Crippen molar-refractivity contribution < 1.29 is 47.2 Å². The van der Waals surface area contributed by atoms with Crippen molar-refractivity contribution in [3.8, 4) is 0 Å². The van der Waals surface area contributed by atoms with Crippen molar-refractivity contribution in [2.75, 3.05) is 47.5 Å². The topological polar surface area (TPSA) is 131 Å². The summed E-state index contributed by atoms with van der Waals surface area (Å²) in [4.78, 5) is 37.6. The Hall–Kier alpha value is -2.59. The van der Waals surface area contributed by atoms with Crippen LogP contribution in [0.1, 0.15) is 174 Å². The van der Waals surface area contributed by atoms with Gasteiger partial charge >= 0.3 is 11.9 Å². The van der Waals surface area contributed by atoms with Crippen LogP contribution in [0.3, 0.4) is 0 Å². The molecule has 0 heterocycles. The van der Waals surface area contributed by atoms with Gasteiger partial charge in [0.25, 0.3) is 7.82 Å². The number of phosphoric acid groups is 1. The van der Waals surface area contributed by atoms with Crippen molar-refractivity contribution in [3.63, 3.8) is 0 Å². The summed E-state index contributed by atoms with van der Waals surface area (Å²) in [5, 5.41) is 10.4. The summed E-state index contributed by atoms with van der Waals surface area (Å²) in [6.45, 7) is 3.84. The molecule has 0 spiro atoms. The first-order valence-corrected chi connectivity index (χ1v) is 25.2. The molecule has 0 aromatic heterocycles. The van der Waals surface area contributed by atoms with Crippen LogP contribution in [-0.2, 0) is 32.7 Å². The number of likely N-dealkylation sites (N-methyl/N-ethyl adjacent to an activating group) is 1. The monoisotopic (exact) mass is 878 g/mol. The Bertz CT molecular complexity index is 1280. The molecule has 352 valence electrons. The van der Waals surface area contributed by atoms with E-state index in [-0.39, 0.29) is 32.5 Å². The van der Waals surface area contributed by atoms with Crippen molar-refractivity contribution >= 4 is 19.8 Å². The number of ether oxygens (including phenoxy) is 2. The van der Waals surface area contributed by atoms with Gasteiger partial charge in [0.15, 0.2) is 6.10 Å². The summed E-state index contributed by atoms with van der Waals surface area (Å²) in [5.41, 5.74) is 0. The van der Waals surface area contributed by atoms with Gasteiger partial charge in [0.2, 0.25) is 0 Å². The van der Waals surface area contributed by atoms with E-state index in [2.05, 4.69) is 62.5 Å². The minimum Gasteiger partial charge on any atom is -0.756 e. The summed E-state index contributed by atoms with van der Waals surface area (Å²) in [6.07, 6.45) is 48.3. The second-order valence-electron chi connectivity index (χ2n) is 16.9. The van der Waals surface area contributed by atoms with E-state index in [1.807, 2.05) is 33.3 Å². The SMILES string of the molecule is CC/C=C\C/C=C\C/C=C\C/C=C\C/C=C\C=C/C(O)CCC(=O)O[C@H](COC(=O)CCCCCCCCCCCCCCCCCCC)COP(=O)([O-])OCC[N+](C)(C)C. The third-order valence-corrected chi connectivity index (χ3v) is 10.8. The molecular weight excluding hydrogens is 790 g/mol. The van der Waals surface area contributed by atoms with Crippen molar-refractivity contribution in [2.45, 2.75) is 187 Å². The van der Waals surface area contributed by atoms with Crippen LogP contribution in [0.15, 0.2) is 72.9 Å². The van der Waals surface area contributed by atoms with Crippen LogP contribution in [0.25, 0.3) is 0 Å². The number of allylic oxidation sites excluding steroid dienone is 11. The van der Waals surface area contributed by atoms with Gasteiger partial charge in [-0.1, -0.05) is 189 Å². The fourth-order valence-corrected chi connectivity index (χ4v) is 6.85. The summed E-state index contributed by atoms with van der Waals surface area (Å²) in [6, 6.07) is 0. The molecule has 3 atom stereocenters. The highest BCUT2D eigenvalue weighted by molar-refractivity contribution is 7.45. The molecule has 11 heteroatoms. The van der Waals surface area contributed by atoms with Crippen LogP contribution in [0.5, 0.6) is 0 Å². The molecule has 0 aromatic rings. The van der Waals surface area contributed by atoms with Gasteiger partial charge in [0.05, 0.1) is 33.9 Å². The van der Waals surface area contributed by atoms with Crippen LogP contribution < -0.4 is 4.89 Å². The molecule has 0 aliphatic carbocycles. The molecular formula is C50H88NO9P. The Morgan fingerprint density at radius 1 is 0.607 bits per heavy atom. The molecule has 1 N–H and O–H groups in total. The lowest BCUT2D eigenvalue weighted by atomic mass is 10.0. The minimum absolute atomic E-state index is 0.0753. The van der Waals surface area contributed by atoms with E-state index >= 15 is 0 Å². The normalized spacial score (nSPS) is 14.7. The van der Waals surface area contributed by atoms with E-state index in [1.165, 1.54) is 83.5 Å². The number of phosphoric ester groups is 1. The second kappa shape index (κ2) is 41.4. The molecule has 0 amide bonds. The lowest BCUT2D eigenvalue weighted by Gasteiger charge is -2.28. The van der Waals surface area contributed by atoms with Crippen molar-refractivity contribution in [3.05, 3.63) is 72.9 Å². The van der Waals surface area contributed by atoms with Gasteiger partial charge in [-0.05, 0) is 44.9 Å². The number of aliphatic hydroxyl groups excluding tert-OH is 1. The highest BCUT2D eigenvalue weighted by atomic mass is 31.2. The number of hydrogen-bond donors (Lipinski definition) is 1. The van der Waals surface area contributed by atoms with E-state index < -0.39 is 38.6 Å². The fraction of sp³-hybridized carbons (Fsp3) is 0.720. The number of quaternary nitrogens is 1. The Balaban J connectivity index is 4.54. The molecule has 0 aliphatic heterocycles. The van der Waals surface area contributed by atoms with Crippen LogP contribution in [0.4, 0.5) is 0 Å². The predicted molar refractivity (Wildman–Crippen MR) is 251 cm³/mol. The Labute approximate surface area is 372 Å². The van der Waals surface area contributed by atoms with Crippen LogP contribution in [0, 0.1) is 0 Å². The molecule has 0 saturated carbocycles. The maximum atomic E-state index is 12.7. The largest absolute Gasteiger partial charge is 0.756 e. The number of rotatable bonds is 42. The van der Waals surface area contributed by atoms with Gasteiger partial charge in [-0.15, -0.1) is 0 Å². The molecule has 0 radical (unpaired) electrons. The van der Waals surface area contributed by atoms with Crippen molar-refractivity contribution in [1.82, 2.24) is 0 Å².